The van der Waals surface area contributed by atoms with E-state index in [0.29, 0.717) is 24.0 Å². The third-order valence-electron chi connectivity index (χ3n) is 7.25. The van der Waals surface area contributed by atoms with Crippen LogP contribution in [0, 0.1) is 6.92 Å². The SMILES string of the molecule is Cc1nc2n(c1C1CCN(C(=O)CCS(=O)(=O)c3ccc4cc(Cl)ccc4c3)CC1)CCCC2.Cl. The zero-order valence-electron chi connectivity index (χ0n) is 19.9. The van der Waals surface area contributed by atoms with E-state index in [0.717, 1.165) is 42.3 Å². The number of carbonyl (C=O) groups excluding carboxylic acids is 1. The summed E-state index contributed by atoms with van der Waals surface area (Å²) >= 11 is 6.02. The van der Waals surface area contributed by atoms with Gasteiger partial charge in [0.25, 0.3) is 0 Å². The van der Waals surface area contributed by atoms with Crippen LogP contribution in [0.2, 0.25) is 5.02 Å². The Kier molecular flexibility index (Phi) is 7.79. The molecule has 1 amide bonds. The van der Waals surface area contributed by atoms with Gasteiger partial charge in [-0.05, 0) is 67.6 Å². The van der Waals surface area contributed by atoms with Crippen molar-refractivity contribution < 1.29 is 13.2 Å². The Bertz CT molecular complexity index is 1350. The number of sulfone groups is 1. The number of imidazole rings is 1. The van der Waals surface area contributed by atoms with Crippen LogP contribution in [0.5, 0.6) is 0 Å². The molecular weight excluding hydrogens is 505 g/mol. The number of rotatable bonds is 5. The first-order valence-corrected chi connectivity index (χ1v) is 14.1. The van der Waals surface area contributed by atoms with E-state index in [4.69, 9.17) is 16.6 Å². The quantitative estimate of drug-likeness (QED) is 0.442. The molecule has 35 heavy (non-hydrogen) atoms. The largest absolute Gasteiger partial charge is 0.343 e. The summed E-state index contributed by atoms with van der Waals surface area (Å²) in [6.07, 6.45) is 5.27. The van der Waals surface area contributed by atoms with Crippen molar-refractivity contribution in [1.82, 2.24) is 14.5 Å². The molecule has 0 radical (unpaired) electrons. The van der Waals surface area contributed by atoms with Crippen molar-refractivity contribution in [1.29, 1.82) is 0 Å². The third kappa shape index (κ3) is 5.37. The Hall–Kier alpha value is -2.09. The summed E-state index contributed by atoms with van der Waals surface area (Å²) in [5.41, 5.74) is 2.48. The van der Waals surface area contributed by atoms with Crippen molar-refractivity contribution in [3.63, 3.8) is 0 Å². The molecule has 1 aromatic heterocycles. The van der Waals surface area contributed by atoms with Crippen LogP contribution >= 0.6 is 24.0 Å². The summed E-state index contributed by atoms with van der Waals surface area (Å²) < 4.78 is 28.2. The minimum atomic E-state index is -3.55. The zero-order valence-corrected chi connectivity index (χ0v) is 22.3. The van der Waals surface area contributed by atoms with E-state index < -0.39 is 9.84 Å². The number of piperidine rings is 1. The minimum Gasteiger partial charge on any atom is -0.343 e. The molecule has 2 aromatic carbocycles. The Morgan fingerprint density at radius 2 is 1.77 bits per heavy atom. The molecule has 1 fully saturated rings. The predicted molar refractivity (Wildman–Crippen MR) is 141 cm³/mol. The number of hydrogen-bond donors (Lipinski definition) is 0. The van der Waals surface area contributed by atoms with Gasteiger partial charge >= 0.3 is 0 Å². The molecule has 6 nitrogen and oxygen atoms in total. The van der Waals surface area contributed by atoms with Gasteiger partial charge in [-0.3, -0.25) is 4.79 Å². The Morgan fingerprint density at radius 1 is 1.06 bits per heavy atom. The maximum absolute atomic E-state index is 12.9. The Morgan fingerprint density at radius 3 is 2.54 bits per heavy atom. The molecule has 2 aliphatic heterocycles. The normalized spacial score (nSPS) is 16.7. The highest BCUT2D eigenvalue weighted by atomic mass is 35.5. The topological polar surface area (TPSA) is 72.3 Å². The van der Waals surface area contributed by atoms with Crippen LogP contribution in [0.4, 0.5) is 0 Å². The van der Waals surface area contributed by atoms with Crippen molar-refractivity contribution in [3.8, 4) is 0 Å². The smallest absolute Gasteiger partial charge is 0.223 e. The number of halogens is 2. The van der Waals surface area contributed by atoms with E-state index >= 15 is 0 Å². The minimum absolute atomic E-state index is 0. The van der Waals surface area contributed by atoms with Crippen LogP contribution in [0.1, 0.15) is 55.2 Å². The fourth-order valence-electron chi connectivity index (χ4n) is 5.44. The first kappa shape index (κ1) is 26.0. The number of aromatic nitrogens is 2. The lowest BCUT2D eigenvalue weighted by atomic mass is 9.91. The fourth-order valence-corrected chi connectivity index (χ4v) is 6.88. The summed E-state index contributed by atoms with van der Waals surface area (Å²) in [7, 11) is -3.55. The average molecular weight is 537 g/mol. The van der Waals surface area contributed by atoms with Gasteiger partial charge in [0.05, 0.1) is 16.3 Å². The van der Waals surface area contributed by atoms with Crippen molar-refractivity contribution in [2.45, 2.75) is 62.8 Å². The maximum atomic E-state index is 12.9. The van der Waals surface area contributed by atoms with Crippen molar-refractivity contribution in [3.05, 3.63) is 58.6 Å². The highest BCUT2D eigenvalue weighted by Crippen LogP contribution is 2.33. The molecule has 0 N–H and O–H groups in total. The first-order valence-electron chi connectivity index (χ1n) is 12.1. The number of fused-ring (bicyclic) bond motifs is 2. The molecule has 5 rings (SSSR count). The van der Waals surface area contributed by atoms with Gasteiger partial charge in [-0.2, -0.15) is 0 Å². The number of likely N-dealkylation sites (tertiary alicyclic amines) is 1. The summed E-state index contributed by atoms with van der Waals surface area (Å²) in [6.45, 7) is 4.48. The second-order valence-corrected chi connectivity index (χ2v) is 12.0. The number of nitrogens with zero attached hydrogens (tertiary/aromatic N) is 3. The lowest BCUT2D eigenvalue weighted by Crippen LogP contribution is -2.39. The summed E-state index contributed by atoms with van der Waals surface area (Å²) in [5, 5.41) is 2.32. The first-order chi connectivity index (χ1) is 16.3. The van der Waals surface area contributed by atoms with Gasteiger partial charge in [-0.15, -0.1) is 12.4 Å². The second kappa shape index (κ2) is 10.5. The number of aryl methyl sites for hydroxylation is 2. The number of hydrogen-bond acceptors (Lipinski definition) is 4. The molecule has 9 heteroatoms. The van der Waals surface area contributed by atoms with E-state index in [2.05, 4.69) is 11.5 Å². The Balaban J connectivity index is 0.00000289. The standard InChI is InChI=1S/C26H30ClN3O3S.ClH/c1-18-26(30-12-3-2-4-24(30)28-18)19-9-13-29(14-10-19)25(31)11-15-34(32,33)23-8-6-20-16-22(27)7-5-21(20)17-23;/h5-8,16-17,19H,2-4,9-15H2,1H3;1H. The predicted octanol–water partition coefficient (Wildman–Crippen LogP) is 5.33. The molecule has 0 unspecified atom stereocenters. The van der Waals surface area contributed by atoms with Crippen LogP contribution in [0.15, 0.2) is 41.3 Å². The third-order valence-corrected chi connectivity index (χ3v) is 9.20. The molecule has 188 valence electrons. The highest BCUT2D eigenvalue weighted by Gasteiger charge is 2.30. The monoisotopic (exact) mass is 535 g/mol. The van der Waals surface area contributed by atoms with Gasteiger partial charge < -0.3 is 9.47 Å². The molecular formula is C26H31Cl2N3O3S. The summed E-state index contributed by atoms with van der Waals surface area (Å²) in [5.74, 6) is 1.36. The van der Waals surface area contributed by atoms with Gasteiger partial charge in [-0.1, -0.05) is 23.7 Å². The second-order valence-electron chi connectivity index (χ2n) is 9.48. The summed E-state index contributed by atoms with van der Waals surface area (Å²) in [6, 6.07) is 10.4. The lowest BCUT2D eigenvalue weighted by Gasteiger charge is -2.33. The number of carbonyl (C=O) groups is 1. The molecule has 0 saturated carbocycles. The Labute approximate surface area is 218 Å². The van der Waals surface area contributed by atoms with Crippen molar-refractivity contribution in [2.24, 2.45) is 0 Å². The van der Waals surface area contributed by atoms with Crippen LogP contribution in [-0.2, 0) is 27.6 Å². The average Bonchev–Trinajstić information content (AvgIpc) is 3.18. The maximum Gasteiger partial charge on any atom is 0.223 e. The molecule has 0 atom stereocenters. The van der Waals surface area contributed by atoms with Crippen molar-refractivity contribution >= 4 is 50.5 Å². The molecule has 0 spiro atoms. The highest BCUT2D eigenvalue weighted by molar-refractivity contribution is 7.91. The molecule has 3 heterocycles. The van der Waals surface area contributed by atoms with Crippen LogP contribution in [-0.4, -0.2) is 47.6 Å². The molecule has 0 aliphatic carbocycles. The van der Waals surface area contributed by atoms with Gasteiger partial charge in [0, 0.05) is 49.1 Å². The van der Waals surface area contributed by atoms with Crippen molar-refractivity contribution in [2.75, 3.05) is 18.8 Å². The van der Waals surface area contributed by atoms with Crippen LogP contribution in [0.3, 0.4) is 0 Å². The van der Waals surface area contributed by atoms with Gasteiger partial charge in [-0.25, -0.2) is 13.4 Å². The molecule has 1 saturated heterocycles. The summed E-state index contributed by atoms with van der Waals surface area (Å²) in [4.78, 5) is 19.7. The lowest BCUT2D eigenvalue weighted by molar-refractivity contribution is -0.131. The van der Waals surface area contributed by atoms with Crippen LogP contribution in [0.25, 0.3) is 10.8 Å². The van der Waals surface area contributed by atoms with Crippen LogP contribution < -0.4 is 0 Å². The van der Waals surface area contributed by atoms with E-state index in [1.165, 1.54) is 24.4 Å². The van der Waals surface area contributed by atoms with E-state index in [1.54, 1.807) is 24.3 Å². The molecule has 2 aliphatic rings. The number of benzene rings is 2. The zero-order chi connectivity index (χ0) is 23.9. The molecule has 3 aromatic rings. The number of amides is 1. The van der Waals surface area contributed by atoms with E-state index in [9.17, 15) is 13.2 Å². The molecule has 0 bridgehead atoms. The van der Waals surface area contributed by atoms with Gasteiger partial charge in [0.2, 0.25) is 5.91 Å². The van der Waals surface area contributed by atoms with E-state index in [1.807, 2.05) is 17.0 Å². The fraction of sp³-hybridized carbons (Fsp3) is 0.462. The van der Waals surface area contributed by atoms with Gasteiger partial charge in [0.1, 0.15) is 5.82 Å². The van der Waals surface area contributed by atoms with Gasteiger partial charge in [0.15, 0.2) is 9.84 Å². The van der Waals surface area contributed by atoms with E-state index in [-0.39, 0.29) is 35.4 Å².